The summed E-state index contributed by atoms with van der Waals surface area (Å²) in [5, 5.41) is 13.6. The number of hydrogen-bond acceptors (Lipinski definition) is 7. The van der Waals surface area contributed by atoms with Crippen LogP contribution < -0.4 is 5.32 Å². The van der Waals surface area contributed by atoms with Gasteiger partial charge in [0.2, 0.25) is 5.91 Å². The van der Waals surface area contributed by atoms with Crippen molar-refractivity contribution in [2.24, 2.45) is 0 Å². The molecule has 2 bridgehead atoms. The lowest BCUT2D eigenvalue weighted by molar-refractivity contribution is -0.384. The Labute approximate surface area is 274 Å². The minimum atomic E-state index is -1.70. The number of nitrogens with zero attached hydrogens (tertiary/aromatic N) is 2. The number of carbonyl (C=O) groups excluding carboxylic acids is 2. The number of hydrogen-bond donors (Lipinski definition) is 1. The topological polar surface area (TPSA) is 125 Å². The summed E-state index contributed by atoms with van der Waals surface area (Å²) in [4.78, 5) is 34.7. The molecule has 4 atom stereocenters. The highest BCUT2D eigenvalue weighted by molar-refractivity contribution is 7.93. The number of esters is 1. The molecule has 0 radical (unpaired) electrons. The Hall–Kier alpha value is -4.38. The molecule has 0 spiro atoms. The predicted octanol–water partition coefficient (Wildman–Crippen LogP) is 6.12. The summed E-state index contributed by atoms with van der Waals surface area (Å²) in [6.45, 7) is 1.50. The molecule has 0 saturated carbocycles. The van der Waals surface area contributed by atoms with E-state index in [4.69, 9.17) is 16.3 Å². The van der Waals surface area contributed by atoms with Gasteiger partial charge in [-0.05, 0) is 71.0 Å². The number of anilines is 1. The second-order valence-electron chi connectivity index (χ2n) is 11.3. The van der Waals surface area contributed by atoms with Crippen LogP contribution in [0.2, 0.25) is 0 Å². The lowest BCUT2D eigenvalue weighted by Gasteiger charge is -2.44. The molecule has 4 aromatic carbocycles. The van der Waals surface area contributed by atoms with Crippen LogP contribution in [-0.4, -0.2) is 48.3 Å². The highest BCUT2D eigenvalue weighted by atomic mass is 35.5. The van der Waals surface area contributed by atoms with E-state index in [9.17, 15) is 24.3 Å². The first-order valence-electron chi connectivity index (χ1n) is 15.0. The van der Waals surface area contributed by atoms with Gasteiger partial charge in [0.25, 0.3) is 5.69 Å². The van der Waals surface area contributed by atoms with E-state index in [0.29, 0.717) is 18.4 Å². The van der Waals surface area contributed by atoms with Gasteiger partial charge in [0.1, 0.15) is 23.3 Å². The van der Waals surface area contributed by atoms with Crippen LogP contribution in [0.4, 0.5) is 11.4 Å². The average molecular weight is 658 g/mol. The number of nitro groups is 1. The van der Waals surface area contributed by atoms with Gasteiger partial charge in [0, 0.05) is 30.3 Å². The van der Waals surface area contributed by atoms with Crippen LogP contribution in [-0.2, 0) is 37.6 Å². The first kappa shape index (κ1) is 31.6. The highest BCUT2D eigenvalue weighted by Gasteiger charge is 2.72. The van der Waals surface area contributed by atoms with Crippen molar-refractivity contribution in [3.63, 3.8) is 0 Å². The molecular weight excluding hydrogens is 626 g/mol. The Morgan fingerprint density at radius 2 is 1.59 bits per heavy atom. The lowest BCUT2D eigenvalue weighted by Crippen LogP contribution is -2.68. The maximum absolute atomic E-state index is 12.9. The summed E-state index contributed by atoms with van der Waals surface area (Å²) < 4.78 is 18.0. The Morgan fingerprint density at radius 3 is 2.13 bits per heavy atom. The number of rotatable bonds is 8. The number of non-ortho nitro benzene ring substituents is 1. The first-order valence-corrected chi connectivity index (χ1v) is 16.7. The fraction of sp³-hybridized carbons (Fsp3) is 0.257. The van der Waals surface area contributed by atoms with Crippen molar-refractivity contribution in [3.05, 3.63) is 142 Å². The molecule has 9 nitrogen and oxygen atoms in total. The third kappa shape index (κ3) is 5.30. The number of benzene rings is 4. The third-order valence-corrected chi connectivity index (χ3v) is 11.3. The second-order valence-corrected chi connectivity index (χ2v) is 13.8. The van der Waals surface area contributed by atoms with Crippen LogP contribution in [0.5, 0.6) is 0 Å². The van der Waals surface area contributed by atoms with Crippen LogP contribution in [0, 0.1) is 10.1 Å². The number of carbonyl (C=O) groups is 2. The van der Waals surface area contributed by atoms with Crippen molar-refractivity contribution in [1.29, 1.82) is 0 Å². The standard InChI is InChI=1S/C19H15N.C16H17ClN2O6S/c1-3-8-15(9-4-1)19(16-10-5-2-6-11-16)17-12-7-13-18(14-17)20-19;1-2-26(24)16(13(17)7-12-8-14(20)18(12)16)15(21)25-9-10-3-5-11(6-4-10)19(22)23/h1-14,20H;3-6,12-13H,2,7-9H2,1H3. The van der Waals surface area contributed by atoms with E-state index in [-0.39, 0.29) is 35.5 Å². The molecule has 4 aromatic rings. The van der Waals surface area contributed by atoms with Gasteiger partial charge in [-0.25, -0.2) is 4.79 Å². The molecule has 2 saturated heterocycles. The number of amides is 1. The maximum atomic E-state index is 12.9. The molecule has 236 valence electrons. The van der Waals surface area contributed by atoms with E-state index in [0.717, 1.165) is 0 Å². The Morgan fingerprint density at radius 1 is 0.978 bits per heavy atom. The van der Waals surface area contributed by atoms with Crippen LogP contribution in [0.25, 0.3) is 0 Å². The minimum absolute atomic E-state index is 0.0748. The fourth-order valence-electron chi connectivity index (χ4n) is 6.57. The lowest BCUT2D eigenvalue weighted by atomic mass is 9.79. The zero-order valence-corrected chi connectivity index (χ0v) is 26.6. The van der Waals surface area contributed by atoms with Crippen LogP contribution >= 0.6 is 11.6 Å². The molecule has 3 heterocycles. The van der Waals surface area contributed by atoms with Crippen molar-refractivity contribution in [2.45, 2.75) is 48.2 Å². The number of halogens is 1. The quantitative estimate of drug-likeness (QED) is 0.0605. The van der Waals surface area contributed by atoms with Gasteiger partial charge in [-0.2, -0.15) is 0 Å². The largest absolute Gasteiger partial charge is 0.614 e. The van der Waals surface area contributed by atoms with Gasteiger partial charge in [0.05, 0.1) is 4.92 Å². The number of ether oxygens (including phenoxy) is 1. The van der Waals surface area contributed by atoms with Gasteiger partial charge in [-0.15, -0.1) is 11.6 Å². The van der Waals surface area contributed by atoms with Crippen LogP contribution in [0.15, 0.2) is 109 Å². The Kier molecular flexibility index (Phi) is 8.78. The molecule has 0 aliphatic carbocycles. The zero-order chi connectivity index (χ0) is 32.5. The molecule has 3 aliphatic heterocycles. The summed E-state index contributed by atoms with van der Waals surface area (Å²) in [6.07, 6.45) is 0.688. The van der Waals surface area contributed by atoms with Crippen molar-refractivity contribution in [1.82, 2.24) is 4.90 Å². The molecule has 46 heavy (non-hydrogen) atoms. The minimum Gasteiger partial charge on any atom is -0.614 e. The van der Waals surface area contributed by atoms with E-state index >= 15 is 0 Å². The van der Waals surface area contributed by atoms with Crippen molar-refractivity contribution in [3.8, 4) is 0 Å². The Bertz CT molecular complexity index is 1700. The average Bonchev–Trinajstić information content (AvgIpc) is 3.50. The van der Waals surface area contributed by atoms with E-state index in [1.54, 1.807) is 6.92 Å². The van der Waals surface area contributed by atoms with E-state index < -0.39 is 32.3 Å². The van der Waals surface area contributed by atoms with Crippen molar-refractivity contribution >= 4 is 46.0 Å². The molecule has 2 fully saturated rings. The van der Waals surface area contributed by atoms with Gasteiger partial charge in [0.15, 0.2) is 0 Å². The predicted molar refractivity (Wildman–Crippen MR) is 177 cm³/mol. The first-order chi connectivity index (χ1) is 22.2. The normalized spacial score (nSPS) is 22.4. The number of β-lactam (4-membered cyclic amide) rings is 1. The third-order valence-electron chi connectivity index (χ3n) is 8.77. The number of nitrogens with one attached hydrogen (secondary N) is 1. The van der Waals surface area contributed by atoms with Gasteiger partial charge < -0.3 is 14.6 Å². The van der Waals surface area contributed by atoms with E-state index in [1.165, 1.54) is 51.5 Å². The molecule has 11 heteroatoms. The second kappa shape index (κ2) is 12.8. The van der Waals surface area contributed by atoms with Crippen LogP contribution in [0.3, 0.4) is 0 Å². The van der Waals surface area contributed by atoms with Crippen molar-refractivity contribution < 1.29 is 23.8 Å². The number of nitro benzene ring substituents is 1. The molecule has 1 N–H and O–H groups in total. The van der Waals surface area contributed by atoms with E-state index in [2.05, 4.69) is 90.2 Å². The smallest absolute Gasteiger partial charge is 0.387 e. The van der Waals surface area contributed by atoms with Gasteiger partial charge >= 0.3 is 10.8 Å². The summed E-state index contributed by atoms with van der Waals surface area (Å²) in [7, 11) is 0. The van der Waals surface area contributed by atoms with Crippen molar-refractivity contribution in [2.75, 3.05) is 11.1 Å². The molecule has 7 rings (SSSR count). The fourth-order valence-corrected chi connectivity index (χ4v) is 8.81. The van der Waals surface area contributed by atoms with E-state index in [1.807, 2.05) is 0 Å². The summed E-state index contributed by atoms with van der Waals surface area (Å²) in [5.41, 5.74) is 5.22. The summed E-state index contributed by atoms with van der Waals surface area (Å²) in [6, 6.07) is 35.3. The molecule has 3 aliphatic rings. The number of alkyl halides is 1. The van der Waals surface area contributed by atoms with Gasteiger partial charge in [-0.1, -0.05) is 72.8 Å². The SMILES string of the molecule is CC[S+]([O-])C1(C(=O)OCc2ccc([N+](=O)[O-])cc2)C(Cl)CC2CC(=O)N21.c1ccc(C2(c3ccccc3)Nc3cccc2c3)cc1. The molecule has 4 unspecified atom stereocenters. The molecular formula is C35H32ClN3O6S. The van der Waals surface area contributed by atoms with Gasteiger partial charge in [-0.3, -0.25) is 19.8 Å². The zero-order valence-electron chi connectivity index (χ0n) is 25.0. The van der Waals surface area contributed by atoms with Crippen LogP contribution in [0.1, 0.15) is 42.0 Å². The Balaban J connectivity index is 0.000000166. The highest BCUT2D eigenvalue weighted by Crippen LogP contribution is 2.49. The molecule has 0 aromatic heterocycles. The molecule has 1 amide bonds. The summed E-state index contributed by atoms with van der Waals surface area (Å²) in [5.74, 6) is -0.898. The monoisotopic (exact) mass is 657 g/mol. The number of fused-ring (bicyclic) bond motifs is 3. The summed E-state index contributed by atoms with van der Waals surface area (Å²) >= 11 is 4.67. The maximum Gasteiger partial charge on any atom is 0.387 e.